The summed E-state index contributed by atoms with van der Waals surface area (Å²) >= 11 is 0. The Kier molecular flexibility index (Phi) is 6.06. The molecule has 0 N–H and O–H groups in total. The molecule has 0 aromatic heterocycles. The van der Waals surface area contributed by atoms with Crippen LogP contribution in [0.3, 0.4) is 0 Å². The maximum atomic E-state index is 11.6. The van der Waals surface area contributed by atoms with Crippen LogP contribution < -0.4 is 4.74 Å². The van der Waals surface area contributed by atoms with Crippen molar-refractivity contribution in [2.45, 2.75) is 39.7 Å². The Morgan fingerprint density at radius 3 is 2.68 bits per heavy atom. The van der Waals surface area contributed by atoms with Crippen molar-refractivity contribution in [3.05, 3.63) is 29.8 Å². The SMILES string of the molecule is CCCCOC(=O)C(C)Oc1cccc(C(C)=O)c1. The van der Waals surface area contributed by atoms with Crippen molar-refractivity contribution in [3.8, 4) is 5.75 Å². The van der Waals surface area contributed by atoms with E-state index in [1.165, 1.54) is 6.92 Å². The van der Waals surface area contributed by atoms with Crippen LogP contribution >= 0.6 is 0 Å². The molecule has 0 spiro atoms. The van der Waals surface area contributed by atoms with Gasteiger partial charge in [0.15, 0.2) is 11.9 Å². The molecule has 1 aromatic carbocycles. The van der Waals surface area contributed by atoms with Crippen LogP contribution in [0.2, 0.25) is 0 Å². The minimum atomic E-state index is -0.681. The van der Waals surface area contributed by atoms with Gasteiger partial charge in [-0.15, -0.1) is 0 Å². The molecule has 1 atom stereocenters. The van der Waals surface area contributed by atoms with E-state index < -0.39 is 6.10 Å². The van der Waals surface area contributed by atoms with E-state index in [-0.39, 0.29) is 11.8 Å². The van der Waals surface area contributed by atoms with E-state index in [1.807, 2.05) is 6.92 Å². The van der Waals surface area contributed by atoms with E-state index in [0.29, 0.717) is 17.9 Å². The molecule has 0 saturated heterocycles. The van der Waals surface area contributed by atoms with Crippen LogP contribution in [0, 0.1) is 0 Å². The topological polar surface area (TPSA) is 52.6 Å². The predicted molar refractivity (Wildman–Crippen MR) is 72.4 cm³/mol. The van der Waals surface area contributed by atoms with Crippen LogP contribution in [0.15, 0.2) is 24.3 Å². The van der Waals surface area contributed by atoms with Crippen LogP contribution in [0.25, 0.3) is 0 Å². The van der Waals surface area contributed by atoms with Crippen LogP contribution in [-0.4, -0.2) is 24.5 Å². The van der Waals surface area contributed by atoms with Crippen molar-refractivity contribution in [3.63, 3.8) is 0 Å². The number of hydrogen-bond donors (Lipinski definition) is 0. The van der Waals surface area contributed by atoms with Crippen LogP contribution in [0.1, 0.15) is 44.0 Å². The standard InChI is InChI=1S/C15H20O4/c1-4-5-9-18-15(17)12(3)19-14-8-6-7-13(10-14)11(2)16/h6-8,10,12H,4-5,9H2,1-3H3. The number of Topliss-reactive ketones (excluding diaryl/α,β-unsaturated/α-hetero) is 1. The first kappa shape index (κ1) is 15.2. The van der Waals surface area contributed by atoms with E-state index in [9.17, 15) is 9.59 Å². The lowest BCUT2D eigenvalue weighted by atomic mass is 10.1. The molecule has 0 heterocycles. The summed E-state index contributed by atoms with van der Waals surface area (Å²) in [6, 6.07) is 6.76. The van der Waals surface area contributed by atoms with E-state index in [1.54, 1.807) is 31.2 Å². The Morgan fingerprint density at radius 2 is 2.05 bits per heavy atom. The number of rotatable bonds is 7. The largest absolute Gasteiger partial charge is 0.479 e. The second-order valence-corrected chi connectivity index (χ2v) is 4.37. The molecule has 4 nitrogen and oxygen atoms in total. The lowest BCUT2D eigenvalue weighted by Crippen LogP contribution is -2.26. The van der Waals surface area contributed by atoms with Gasteiger partial charge in [0.05, 0.1) is 6.61 Å². The molecule has 0 aliphatic rings. The van der Waals surface area contributed by atoms with E-state index >= 15 is 0 Å². The number of ether oxygens (including phenoxy) is 2. The van der Waals surface area contributed by atoms with Gasteiger partial charge in [0, 0.05) is 5.56 Å². The van der Waals surface area contributed by atoms with Crippen molar-refractivity contribution in [2.75, 3.05) is 6.61 Å². The molecule has 0 amide bonds. The Balaban J connectivity index is 2.56. The molecule has 4 heteroatoms. The van der Waals surface area contributed by atoms with Gasteiger partial charge in [0.25, 0.3) is 0 Å². The lowest BCUT2D eigenvalue weighted by molar-refractivity contribution is -0.151. The molecule has 0 saturated carbocycles. The summed E-state index contributed by atoms with van der Waals surface area (Å²) in [5.74, 6) is 0.0675. The zero-order valence-electron chi connectivity index (χ0n) is 11.6. The Morgan fingerprint density at radius 1 is 1.32 bits per heavy atom. The fourth-order valence-corrected chi connectivity index (χ4v) is 1.48. The minimum Gasteiger partial charge on any atom is -0.479 e. The minimum absolute atomic E-state index is 0.0383. The van der Waals surface area contributed by atoms with Gasteiger partial charge in [0.1, 0.15) is 5.75 Å². The highest BCUT2D eigenvalue weighted by molar-refractivity contribution is 5.94. The summed E-state index contributed by atoms with van der Waals surface area (Å²) < 4.78 is 10.5. The average Bonchev–Trinajstić information content (AvgIpc) is 2.39. The third-order valence-electron chi connectivity index (χ3n) is 2.63. The van der Waals surface area contributed by atoms with Crippen molar-refractivity contribution in [1.29, 1.82) is 0 Å². The number of benzene rings is 1. The molecule has 0 fully saturated rings. The zero-order chi connectivity index (χ0) is 14.3. The maximum Gasteiger partial charge on any atom is 0.347 e. The first-order chi connectivity index (χ1) is 9.04. The second-order valence-electron chi connectivity index (χ2n) is 4.37. The molecule has 1 unspecified atom stereocenters. The molecule has 0 radical (unpaired) electrons. The Hall–Kier alpha value is -1.84. The summed E-state index contributed by atoms with van der Waals surface area (Å²) in [6.07, 6.45) is 1.14. The first-order valence-corrected chi connectivity index (χ1v) is 6.49. The number of unbranched alkanes of at least 4 members (excludes halogenated alkanes) is 1. The summed E-state index contributed by atoms with van der Waals surface area (Å²) in [7, 11) is 0. The van der Waals surface area contributed by atoms with Crippen molar-refractivity contribution < 1.29 is 19.1 Å². The fourth-order valence-electron chi connectivity index (χ4n) is 1.48. The zero-order valence-corrected chi connectivity index (χ0v) is 11.6. The van der Waals surface area contributed by atoms with Gasteiger partial charge in [0.2, 0.25) is 0 Å². The summed E-state index contributed by atoms with van der Waals surface area (Å²) in [5, 5.41) is 0. The molecule has 0 aliphatic carbocycles. The molecule has 1 rings (SSSR count). The Bertz CT molecular complexity index is 440. The summed E-state index contributed by atoms with van der Waals surface area (Å²) in [5.41, 5.74) is 0.559. The number of carbonyl (C=O) groups is 2. The fraction of sp³-hybridized carbons (Fsp3) is 0.467. The molecule has 104 valence electrons. The molecule has 0 aliphatic heterocycles. The normalized spacial score (nSPS) is 11.7. The molecular formula is C15H20O4. The highest BCUT2D eigenvalue weighted by Crippen LogP contribution is 2.15. The van der Waals surface area contributed by atoms with Gasteiger partial charge in [-0.2, -0.15) is 0 Å². The highest BCUT2D eigenvalue weighted by atomic mass is 16.6. The number of carbonyl (C=O) groups excluding carboxylic acids is 2. The van der Waals surface area contributed by atoms with Gasteiger partial charge < -0.3 is 9.47 Å². The number of ketones is 1. The maximum absolute atomic E-state index is 11.6. The first-order valence-electron chi connectivity index (χ1n) is 6.49. The number of esters is 1. The van der Waals surface area contributed by atoms with Gasteiger partial charge in [-0.05, 0) is 32.4 Å². The highest BCUT2D eigenvalue weighted by Gasteiger charge is 2.16. The predicted octanol–water partition coefficient (Wildman–Crippen LogP) is 3.00. The van der Waals surface area contributed by atoms with Crippen LogP contribution in [0.5, 0.6) is 5.75 Å². The molecular weight excluding hydrogens is 244 g/mol. The van der Waals surface area contributed by atoms with E-state index in [4.69, 9.17) is 9.47 Å². The van der Waals surface area contributed by atoms with Gasteiger partial charge in [-0.1, -0.05) is 25.5 Å². The third kappa shape index (κ3) is 5.12. The molecule has 0 bridgehead atoms. The third-order valence-corrected chi connectivity index (χ3v) is 2.63. The van der Waals surface area contributed by atoms with E-state index in [2.05, 4.69) is 0 Å². The van der Waals surface area contributed by atoms with Gasteiger partial charge in [-0.25, -0.2) is 4.79 Å². The van der Waals surface area contributed by atoms with Crippen LogP contribution in [0.4, 0.5) is 0 Å². The summed E-state index contributed by atoms with van der Waals surface area (Å²) in [4.78, 5) is 22.9. The van der Waals surface area contributed by atoms with Gasteiger partial charge >= 0.3 is 5.97 Å². The van der Waals surface area contributed by atoms with E-state index in [0.717, 1.165) is 12.8 Å². The van der Waals surface area contributed by atoms with Crippen molar-refractivity contribution in [2.24, 2.45) is 0 Å². The monoisotopic (exact) mass is 264 g/mol. The quantitative estimate of drug-likeness (QED) is 0.431. The number of hydrogen-bond acceptors (Lipinski definition) is 4. The van der Waals surface area contributed by atoms with Crippen molar-refractivity contribution >= 4 is 11.8 Å². The molecule has 19 heavy (non-hydrogen) atoms. The van der Waals surface area contributed by atoms with Crippen LogP contribution in [-0.2, 0) is 9.53 Å². The lowest BCUT2D eigenvalue weighted by Gasteiger charge is -2.14. The summed E-state index contributed by atoms with van der Waals surface area (Å²) in [6.45, 7) is 5.56. The second kappa shape index (κ2) is 7.56. The Labute approximate surface area is 113 Å². The average molecular weight is 264 g/mol. The van der Waals surface area contributed by atoms with Crippen molar-refractivity contribution in [1.82, 2.24) is 0 Å². The van der Waals surface area contributed by atoms with Gasteiger partial charge in [-0.3, -0.25) is 4.79 Å². The smallest absolute Gasteiger partial charge is 0.347 e. The molecule has 1 aromatic rings.